The molecule has 0 aliphatic heterocycles. The van der Waals surface area contributed by atoms with Gasteiger partial charge in [-0.05, 0) is 40.5 Å². The summed E-state index contributed by atoms with van der Waals surface area (Å²) in [5.74, 6) is -1.05. The van der Waals surface area contributed by atoms with Crippen molar-refractivity contribution in [2.24, 2.45) is 0 Å². The van der Waals surface area contributed by atoms with Crippen LogP contribution in [0.25, 0.3) is 0 Å². The minimum absolute atomic E-state index is 0.324. The third-order valence-electron chi connectivity index (χ3n) is 2.19. The largest absolute Gasteiger partial charge is 0.480 e. The zero-order valence-electron chi connectivity index (χ0n) is 9.54. The molecule has 0 bridgehead atoms. The molecule has 1 atom stereocenters. The molecule has 0 saturated carbocycles. The number of amides is 2. The van der Waals surface area contributed by atoms with Crippen LogP contribution in [0.2, 0.25) is 0 Å². The summed E-state index contributed by atoms with van der Waals surface area (Å²) in [7, 11) is 0. The second kappa shape index (κ2) is 6.75. The molecular formula is C11H12Br2N2O3. The van der Waals surface area contributed by atoms with Gasteiger partial charge in [-0.15, -0.1) is 0 Å². The molecule has 0 saturated heterocycles. The van der Waals surface area contributed by atoms with Crippen molar-refractivity contribution in [2.75, 3.05) is 5.32 Å². The van der Waals surface area contributed by atoms with Crippen molar-refractivity contribution in [1.82, 2.24) is 5.32 Å². The number of nitrogens with one attached hydrogen (secondary N) is 2. The summed E-state index contributed by atoms with van der Waals surface area (Å²) >= 11 is 6.60. The third kappa shape index (κ3) is 4.30. The molecule has 7 heteroatoms. The van der Waals surface area contributed by atoms with Gasteiger partial charge in [0.25, 0.3) is 0 Å². The quantitative estimate of drug-likeness (QED) is 0.751. The molecule has 1 rings (SSSR count). The van der Waals surface area contributed by atoms with Gasteiger partial charge in [-0.1, -0.05) is 22.9 Å². The van der Waals surface area contributed by atoms with Gasteiger partial charge in [-0.25, -0.2) is 9.59 Å². The van der Waals surface area contributed by atoms with Gasteiger partial charge in [0.1, 0.15) is 6.04 Å². The first-order valence-electron chi connectivity index (χ1n) is 5.19. The number of urea groups is 1. The van der Waals surface area contributed by atoms with Gasteiger partial charge in [-0.2, -0.15) is 0 Å². The lowest BCUT2D eigenvalue weighted by Gasteiger charge is -2.14. The Morgan fingerprint density at radius 1 is 1.39 bits per heavy atom. The molecule has 98 valence electrons. The number of carboxylic acids is 1. The molecule has 18 heavy (non-hydrogen) atoms. The maximum Gasteiger partial charge on any atom is 0.326 e. The predicted octanol–water partition coefficient (Wildman–Crippen LogP) is 3.20. The number of carbonyl (C=O) groups is 2. The predicted molar refractivity (Wildman–Crippen MR) is 75.7 cm³/mol. The van der Waals surface area contributed by atoms with Crippen molar-refractivity contribution < 1.29 is 14.7 Å². The molecular weight excluding hydrogens is 368 g/mol. The number of hydrogen-bond acceptors (Lipinski definition) is 2. The molecule has 0 unspecified atom stereocenters. The van der Waals surface area contributed by atoms with E-state index in [0.717, 1.165) is 4.47 Å². The highest BCUT2D eigenvalue weighted by Gasteiger charge is 2.17. The third-order valence-corrected chi connectivity index (χ3v) is 3.34. The first-order chi connectivity index (χ1) is 8.43. The first kappa shape index (κ1) is 15.0. The molecule has 0 heterocycles. The number of carboxylic acid groups (broad SMARTS) is 1. The van der Waals surface area contributed by atoms with E-state index in [4.69, 9.17) is 5.11 Å². The van der Waals surface area contributed by atoms with Crippen molar-refractivity contribution in [3.8, 4) is 0 Å². The molecule has 0 aromatic heterocycles. The Labute approximate surface area is 121 Å². The van der Waals surface area contributed by atoms with Crippen LogP contribution in [0.5, 0.6) is 0 Å². The summed E-state index contributed by atoms with van der Waals surface area (Å²) in [5, 5.41) is 13.8. The molecule has 0 fully saturated rings. The second-order valence-electron chi connectivity index (χ2n) is 3.52. The van der Waals surface area contributed by atoms with E-state index >= 15 is 0 Å². The lowest BCUT2D eigenvalue weighted by molar-refractivity contribution is -0.139. The molecule has 0 aliphatic rings. The second-order valence-corrected chi connectivity index (χ2v) is 5.29. The summed E-state index contributed by atoms with van der Waals surface area (Å²) in [6.07, 6.45) is 0.324. The van der Waals surface area contributed by atoms with Crippen molar-refractivity contribution in [2.45, 2.75) is 19.4 Å². The van der Waals surface area contributed by atoms with Crippen LogP contribution < -0.4 is 10.6 Å². The van der Waals surface area contributed by atoms with Crippen molar-refractivity contribution >= 4 is 49.5 Å². The molecule has 2 amide bonds. The first-order valence-corrected chi connectivity index (χ1v) is 6.78. The minimum atomic E-state index is -1.05. The fraction of sp³-hybridized carbons (Fsp3) is 0.273. The lowest BCUT2D eigenvalue weighted by atomic mass is 10.2. The average molecular weight is 380 g/mol. The number of benzene rings is 1. The number of anilines is 1. The topological polar surface area (TPSA) is 78.4 Å². The maximum atomic E-state index is 11.6. The van der Waals surface area contributed by atoms with E-state index in [1.807, 2.05) is 0 Å². The van der Waals surface area contributed by atoms with Crippen molar-refractivity contribution in [3.63, 3.8) is 0 Å². The van der Waals surface area contributed by atoms with E-state index < -0.39 is 18.0 Å². The fourth-order valence-corrected chi connectivity index (χ4v) is 2.39. The lowest BCUT2D eigenvalue weighted by Crippen LogP contribution is -2.42. The SMILES string of the molecule is CC[C@H](NC(=O)Nc1ccc(Br)cc1Br)C(=O)O. The number of rotatable bonds is 4. The molecule has 0 aliphatic carbocycles. The van der Waals surface area contributed by atoms with E-state index in [0.29, 0.717) is 16.6 Å². The zero-order chi connectivity index (χ0) is 13.7. The minimum Gasteiger partial charge on any atom is -0.480 e. The van der Waals surface area contributed by atoms with Crippen LogP contribution in [0.1, 0.15) is 13.3 Å². The maximum absolute atomic E-state index is 11.6. The van der Waals surface area contributed by atoms with Crippen LogP contribution in [-0.4, -0.2) is 23.1 Å². The molecule has 1 aromatic rings. The Morgan fingerprint density at radius 2 is 2.06 bits per heavy atom. The fourth-order valence-electron chi connectivity index (χ4n) is 1.25. The van der Waals surface area contributed by atoms with Gasteiger partial charge >= 0.3 is 12.0 Å². The van der Waals surface area contributed by atoms with E-state index in [9.17, 15) is 9.59 Å². The van der Waals surface area contributed by atoms with Gasteiger partial charge in [0, 0.05) is 8.95 Å². The summed E-state index contributed by atoms with van der Waals surface area (Å²) in [6.45, 7) is 1.69. The standard InChI is InChI=1S/C11H12Br2N2O3/c1-2-8(10(16)17)14-11(18)15-9-4-3-6(12)5-7(9)13/h3-5,8H,2H2,1H3,(H,16,17)(H2,14,15,18)/t8-/m0/s1. The van der Waals surface area contributed by atoms with Gasteiger partial charge in [0.2, 0.25) is 0 Å². The Morgan fingerprint density at radius 3 is 2.56 bits per heavy atom. The summed E-state index contributed by atoms with van der Waals surface area (Å²) in [4.78, 5) is 22.4. The number of hydrogen-bond donors (Lipinski definition) is 3. The number of halogens is 2. The number of aliphatic carboxylic acids is 1. The Balaban J connectivity index is 2.67. The van der Waals surface area contributed by atoms with Crippen LogP contribution in [0.15, 0.2) is 27.1 Å². The van der Waals surface area contributed by atoms with Gasteiger partial charge in [0.05, 0.1) is 5.69 Å². The van der Waals surface area contributed by atoms with E-state index in [1.54, 1.807) is 25.1 Å². The monoisotopic (exact) mass is 378 g/mol. The van der Waals surface area contributed by atoms with Crippen LogP contribution in [0.3, 0.4) is 0 Å². The summed E-state index contributed by atoms with van der Waals surface area (Å²) in [5.41, 5.74) is 0.566. The van der Waals surface area contributed by atoms with Gasteiger partial charge in [-0.3, -0.25) is 0 Å². The van der Waals surface area contributed by atoms with Crippen LogP contribution >= 0.6 is 31.9 Å². The van der Waals surface area contributed by atoms with Gasteiger partial charge < -0.3 is 15.7 Å². The highest BCUT2D eigenvalue weighted by molar-refractivity contribution is 9.11. The summed E-state index contributed by atoms with van der Waals surface area (Å²) in [6, 6.07) is 3.82. The zero-order valence-corrected chi connectivity index (χ0v) is 12.7. The number of carbonyl (C=O) groups excluding carboxylic acids is 1. The Kier molecular flexibility index (Phi) is 5.61. The normalized spacial score (nSPS) is 11.7. The van der Waals surface area contributed by atoms with Crippen LogP contribution in [-0.2, 0) is 4.79 Å². The Bertz CT molecular complexity index is 466. The smallest absolute Gasteiger partial charge is 0.326 e. The molecule has 5 nitrogen and oxygen atoms in total. The van der Waals surface area contributed by atoms with Gasteiger partial charge in [0.15, 0.2) is 0 Å². The van der Waals surface area contributed by atoms with Crippen molar-refractivity contribution in [1.29, 1.82) is 0 Å². The molecule has 0 radical (unpaired) electrons. The molecule has 3 N–H and O–H groups in total. The molecule has 0 spiro atoms. The van der Waals surface area contributed by atoms with E-state index in [2.05, 4.69) is 42.5 Å². The average Bonchev–Trinajstić information content (AvgIpc) is 2.29. The molecule has 1 aromatic carbocycles. The summed E-state index contributed by atoms with van der Waals surface area (Å²) < 4.78 is 1.58. The van der Waals surface area contributed by atoms with Crippen LogP contribution in [0, 0.1) is 0 Å². The van der Waals surface area contributed by atoms with Crippen molar-refractivity contribution in [3.05, 3.63) is 27.1 Å². The highest BCUT2D eigenvalue weighted by Crippen LogP contribution is 2.25. The van der Waals surface area contributed by atoms with E-state index in [-0.39, 0.29) is 0 Å². The van der Waals surface area contributed by atoms with E-state index in [1.165, 1.54) is 0 Å². The Hall–Kier alpha value is -1.08. The highest BCUT2D eigenvalue weighted by atomic mass is 79.9. The van der Waals surface area contributed by atoms with Crippen LogP contribution in [0.4, 0.5) is 10.5 Å².